The predicted molar refractivity (Wildman–Crippen MR) is 127 cm³/mol. The third-order valence-corrected chi connectivity index (χ3v) is 6.83. The maximum Gasteiger partial charge on any atom is 0.271 e. The molecule has 2 fully saturated rings. The van der Waals surface area contributed by atoms with E-state index < -0.39 is 0 Å². The van der Waals surface area contributed by atoms with Crippen LogP contribution in [0.5, 0.6) is 0 Å². The molecule has 164 valence electrons. The van der Waals surface area contributed by atoms with Crippen molar-refractivity contribution in [3.05, 3.63) is 88.5 Å². The van der Waals surface area contributed by atoms with Crippen molar-refractivity contribution in [2.75, 3.05) is 0 Å². The first kappa shape index (κ1) is 20.6. The summed E-state index contributed by atoms with van der Waals surface area (Å²) in [7, 11) is 0. The molecular weight excluding hydrogens is 422 g/mol. The van der Waals surface area contributed by atoms with Gasteiger partial charge in [-0.2, -0.15) is 0 Å². The van der Waals surface area contributed by atoms with Gasteiger partial charge in [0.25, 0.3) is 5.69 Å². The number of nitrogens with one attached hydrogen (secondary N) is 1. The van der Waals surface area contributed by atoms with E-state index in [4.69, 9.17) is 12.2 Å². The van der Waals surface area contributed by atoms with Crippen LogP contribution in [0.15, 0.2) is 67.0 Å². The molecule has 3 heterocycles. The van der Waals surface area contributed by atoms with Crippen LogP contribution in [0.4, 0.5) is 5.69 Å². The molecule has 0 amide bonds. The zero-order valence-electron chi connectivity index (χ0n) is 17.6. The first-order valence-corrected chi connectivity index (χ1v) is 11.5. The molecule has 2 atom stereocenters. The second-order valence-electron chi connectivity index (χ2n) is 8.41. The molecule has 1 N–H and O–H groups in total. The van der Waals surface area contributed by atoms with E-state index in [1.54, 1.807) is 18.3 Å². The predicted octanol–water partition coefficient (Wildman–Crippen LogP) is 5.09. The van der Waals surface area contributed by atoms with Gasteiger partial charge in [-0.05, 0) is 55.4 Å². The van der Waals surface area contributed by atoms with Gasteiger partial charge < -0.3 is 14.8 Å². The summed E-state index contributed by atoms with van der Waals surface area (Å²) in [6.45, 7) is 0. The Bertz CT molecular complexity index is 1130. The third kappa shape index (κ3) is 3.75. The lowest BCUT2D eigenvalue weighted by Crippen LogP contribution is -2.40. The Labute approximate surface area is 192 Å². The molecule has 1 saturated carbocycles. The third-order valence-electron chi connectivity index (χ3n) is 6.51. The number of rotatable bonds is 5. The van der Waals surface area contributed by atoms with Crippen LogP contribution < -0.4 is 5.32 Å². The fraction of sp³-hybridized carbons (Fsp3) is 0.333. The molecule has 7 nitrogen and oxygen atoms in total. The second kappa shape index (κ2) is 8.70. The summed E-state index contributed by atoms with van der Waals surface area (Å²) in [4.78, 5) is 18.0. The van der Waals surface area contributed by atoms with E-state index in [0.29, 0.717) is 6.04 Å². The van der Waals surface area contributed by atoms with Crippen molar-refractivity contribution in [1.82, 2.24) is 19.8 Å². The van der Waals surface area contributed by atoms with Crippen LogP contribution in [-0.2, 0) is 0 Å². The number of nitro groups is 1. The maximum absolute atomic E-state index is 11.4. The summed E-state index contributed by atoms with van der Waals surface area (Å²) >= 11 is 5.85. The van der Waals surface area contributed by atoms with E-state index in [1.165, 1.54) is 25.3 Å². The van der Waals surface area contributed by atoms with Crippen molar-refractivity contribution in [1.29, 1.82) is 0 Å². The standard InChI is InChI=1S/C24H25N5O2S/c30-29(31)19-11-6-10-18(16-19)27-15-7-13-21(27)23-22(20-12-4-5-14-25-20)26-24(32)28(23)17-8-2-1-3-9-17/h4-7,10-17,22-23H,1-3,8-9H2,(H,26,32)/t22-,23+/m0/s1. The normalized spacial score (nSPS) is 21.5. The Morgan fingerprint density at radius 3 is 2.66 bits per heavy atom. The first-order valence-electron chi connectivity index (χ1n) is 11.1. The lowest BCUT2D eigenvalue weighted by Gasteiger charge is -2.37. The van der Waals surface area contributed by atoms with Gasteiger partial charge in [-0.25, -0.2) is 0 Å². The molecule has 0 spiro atoms. The zero-order chi connectivity index (χ0) is 22.1. The van der Waals surface area contributed by atoms with Crippen LogP contribution >= 0.6 is 12.2 Å². The highest BCUT2D eigenvalue weighted by atomic mass is 32.1. The highest BCUT2D eigenvalue weighted by Crippen LogP contribution is 2.43. The molecule has 1 aliphatic carbocycles. The monoisotopic (exact) mass is 447 g/mol. The number of nitro benzene ring substituents is 1. The lowest BCUT2D eigenvalue weighted by atomic mass is 9.92. The zero-order valence-corrected chi connectivity index (χ0v) is 18.4. The summed E-state index contributed by atoms with van der Waals surface area (Å²) in [5, 5.41) is 15.6. The van der Waals surface area contributed by atoms with Crippen molar-refractivity contribution in [3.63, 3.8) is 0 Å². The quantitative estimate of drug-likeness (QED) is 0.334. The van der Waals surface area contributed by atoms with Gasteiger partial charge in [-0.1, -0.05) is 31.4 Å². The minimum Gasteiger partial charge on any atom is -0.352 e. The number of hydrogen-bond donors (Lipinski definition) is 1. The van der Waals surface area contributed by atoms with Gasteiger partial charge in [0.1, 0.15) is 0 Å². The number of benzene rings is 1. The van der Waals surface area contributed by atoms with Crippen LogP contribution in [0.2, 0.25) is 0 Å². The number of non-ortho nitro benzene ring substituents is 1. The van der Waals surface area contributed by atoms with Gasteiger partial charge >= 0.3 is 0 Å². The van der Waals surface area contributed by atoms with Crippen LogP contribution in [0, 0.1) is 10.1 Å². The molecule has 0 unspecified atom stereocenters. The smallest absolute Gasteiger partial charge is 0.271 e. The molecule has 32 heavy (non-hydrogen) atoms. The highest BCUT2D eigenvalue weighted by Gasteiger charge is 2.44. The fourth-order valence-corrected chi connectivity index (χ4v) is 5.45. The minimum absolute atomic E-state index is 0.0604. The topological polar surface area (TPSA) is 76.2 Å². The fourth-order valence-electron chi connectivity index (χ4n) is 5.06. The van der Waals surface area contributed by atoms with Crippen molar-refractivity contribution < 1.29 is 4.92 Å². The molecule has 0 bridgehead atoms. The first-order chi connectivity index (χ1) is 15.6. The van der Waals surface area contributed by atoms with E-state index in [9.17, 15) is 10.1 Å². The molecule has 1 aliphatic heterocycles. The molecule has 0 radical (unpaired) electrons. The van der Waals surface area contributed by atoms with Crippen molar-refractivity contribution in [2.45, 2.75) is 50.2 Å². The lowest BCUT2D eigenvalue weighted by molar-refractivity contribution is -0.384. The van der Waals surface area contributed by atoms with Crippen molar-refractivity contribution >= 4 is 23.0 Å². The molecule has 3 aromatic rings. The van der Waals surface area contributed by atoms with Gasteiger partial charge in [0.15, 0.2) is 5.11 Å². The largest absolute Gasteiger partial charge is 0.352 e. The van der Waals surface area contributed by atoms with Crippen molar-refractivity contribution in [2.24, 2.45) is 0 Å². The number of thiocarbonyl (C=S) groups is 1. The van der Waals surface area contributed by atoms with Gasteiger partial charge in [0, 0.05) is 36.3 Å². The molecule has 2 aliphatic rings. The van der Waals surface area contributed by atoms with Crippen LogP contribution in [0.1, 0.15) is 55.6 Å². The summed E-state index contributed by atoms with van der Waals surface area (Å²) in [6.07, 6.45) is 9.68. The number of nitrogens with zero attached hydrogens (tertiary/aromatic N) is 4. The molecule has 2 aromatic heterocycles. The summed E-state index contributed by atoms with van der Waals surface area (Å²) in [5.74, 6) is 0. The molecule has 5 rings (SSSR count). The van der Waals surface area contributed by atoms with Crippen LogP contribution in [0.25, 0.3) is 5.69 Å². The van der Waals surface area contributed by atoms with E-state index >= 15 is 0 Å². The van der Waals surface area contributed by atoms with Gasteiger partial charge in [0.05, 0.1) is 28.4 Å². The van der Waals surface area contributed by atoms with Gasteiger partial charge in [-0.3, -0.25) is 15.1 Å². The van der Waals surface area contributed by atoms with E-state index in [2.05, 4.69) is 21.3 Å². The summed E-state index contributed by atoms with van der Waals surface area (Å²) in [6, 6.07) is 17.0. The van der Waals surface area contributed by atoms with E-state index in [1.807, 2.05) is 41.1 Å². The van der Waals surface area contributed by atoms with Gasteiger partial charge in [0.2, 0.25) is 0 Å². The molecular formula is C24H25N5O2S. The van der Waals surface area contributed by atoms with Gasteiger partial charge in [-0.15, -0.1) is 0 Å². The second-order valence-corrected chi connectivity index (χ2v) is 8.79. The Kier molecular flexibility index (Phi) is 5.61. The van der Waals surface area contributed by atoms with E-state index in [-0.39, 0.29) is 22.7 Å². The number of hydrogen-bond acceptors (Lipinski definition) is 4. The van der Waals surface area contributed by atoms with Crippen LogP contribution in [0.3, 0.4) is 0 Å². The Hall–Kier alpha value is -3.26. The summed E-state index contributed by atoms with van der Waals surface area (Å²) in [5.41, 5.74) is 2.82. The average Bonchev–Trinajstić information content (AvgIpc) is 3.44. The van der Waals surface area contributed by atoms with Crippen molar-refractivity contribution in [3.8, 4) is 5.69 Å². The molecule has 1 aromatic carbocycles. The molecule has 8 heteroatoms. The van der Waals surface area contributed by atoms with Crippen LogP contribution in [-0.4, -0.2) is 30.5 Å². The Morgan fingerprint density at radius 1 is 1.06 bits per heavy atom. The average molecular weight is 448 g/mol. The SMILES string of the molecule is O=[N+]([O-])c1cccc(-n2cccc2[C@@H]2[C@H](c3ccccn3)NC(=S)N2C2CCCCC2)c1. The Balaban J connectivity index is 1.61. The number of aromatic nitrogens is 2. The minimum atomic E-state index is -0.357. The maximum atomic E-state index is 11.4. The molecule has 1 saturated heterocycles. The Morgan fingerprint density at radius 2 is 1.91 bits per heavy atom. The number of pyridine rings is 1. The summed E-state index contributed by atoms with van der Waals surface area (Å²) < 4.78 is 2.04. The van der Waals surface area contributed by atoms with E-state index in [0.717, 1.165) is 35.0 Å². The highest BCUT2D eigenvalue weighted by molar-refractivity contribution is 7.80.